The zero-order valence-corrected chi connectivity index (χ0v) is 11.7. The van der Waals surface area contributed by atoms with Gasteiger partial charge in [0.15, 0.2) is 0 Å². The van der Waals surface area contributed by atoms with Crippen LogP contribution in [0.2, 0.25) is 10.0 Å². The maximum Gasteiger partial charge on any atom is 0.252 e. The number of carbonyl (C=O) groups is 1. The van der Waals surface area contributed by atoms with Crippen molar-refractivity contribution in [2.45, 2.75) is 12.8 Å². The molecular formula is C11H12BrCl2NO. The van der Waals surface area contributed by atoms with Crippen LogP contribution in [-0.4, -0.2) is 17.8 Å². The molecule has 0 aliphatic rings. The molecule has 0 atom stereocenters. The first kappa shape index (κ1) is 13.8. The predicted octanol–water partition coefficient (Wildman–Crippen LogP) is 3.90. The van der Waals surface area contributed by atoms with Crippen molar-refractivity contribution in [3.63, 3.8) is 0 Å². The van der Waals surface area contributed by atoms with Crippen LogP contribution in [0.25, 0.3) is 0 Å². The van der Waals surface area contributed by atoms with Crippen molar-refractivity contribution in [3.05, 3.63) is 33.8 Å². The Kier molecular flexibility index (Phi) is 6.17. The Labute approximate surface area is 113 Å². The van der Waals surface area contributed by atoms with E-state index in [4.69, 9.17) is 23.2 Å². The minimum absolute atomic E-state index is 0.179. The van der Waals surface area contributed by atoms with E-state index in [1.165, 1.54) is 0 Å². The zero-order chi connectivity index (χ0) is 12.0. The summed E-state index contributed by atoms with van der Waals surface area (Å²) in [5.74, 6) is -0.179. The Morgan fingerprint density at radius 3 is 2.75 bits per heavy atom. The van der Waals surface area contributed by atoms with Crippen LogP contribution in [0.4, 0.5) is 0 Å². The molecule has 1 N–H and O–H groups in total. The van der Waals surface area contributed by atoms with Crippen LogP contribution >= 0.6 is 39.1 Å². The largest absolute Gasteiger partial charge is 0.352 e. The van der Waals surface area contributed by atoms with E-state index in [1.807, 2.05) is 0 Å². The minimum Gasteiger partial charge on any atom is -0.352 e. The van der Waals surface area contributed by atoms with Crippen LogP contribution in [0.5, 0.6) is 0 Å². The summed E-state index contributed by atoms with van der Waals surface area (Å²) < 4.78 is 0. The molecule has 0 aromatic heterocycles. The molecule has 0 saturated heterocycles. The zero-order valence-electron chi connectivity index (χ0n) is 8.60. The second kappa shape index (κ2) is 7.15. The molecule has 0 saturated carbocycles. The summed E-state index contributed by atoms with van der Waals surface area (Å²) in [6.07, 6.45) is 1.97. The Hall–Kier alpha value is -0.250. The smallest absolute Gasteiger partial charge is 0.252 e. The van der Waals surface area contributed by atoms with Gasteiger partial charge in [0.05, 0.1) is 10.6 Å². The van der Waals surface area contributed by atoms with Crippen molar-refractivity contribution in [1.82, 2.24) is 5.32 Å². The van der Waals surface area contributed by atoms with Gasteiger partial charge in [-0.05, 0) is 31.0 Å². The third-order valence-corrected chi connectivity index (χ3v) is 3.14. The molecule has 0 unspecified atom stereocenters. The molecule has 1 aromatic rings. The van der Waals surface area contributed by atoms with E-state index in [2.05, 4.69) is 21.2 Å². The lowest BCUT2D eigenvalue weighted by Gasteiger charge is -2.06. The Bertz CT molecular complexity index is 371. The standard InChI is InChI=1S/C11H12BrCl2NO/c12-5-1-2-6-15-11(16)9-7-8(13)3-4-10(9)14/h3-4,7H,1-2,5-6H2,(H,15,16). The van der Waals surface area contributed by atoms with Crippen LogP contribution in [0.3, 0.4) is 0 Å². The van der Waals surface area contributed by atoms with Crippen molar-refractivity contribution in [2.24, 2.45) is 0 Å². The Morgan fingerprint density at radius 1 is 1.31 bits per heavy atom. The molecule has 1 aromatic carbocycles. The molecule has 0 heterocycles. The Balaban J connectivity index is 2.55. The molecular weight excluding hydrogens is 313 g/mol. The van der Waals surface area contributed by atoms with Crippen LogP contribution in [-0.2, 0) is 0 Å². The highest BCUT2D eigenvalue weighted by Crippen LogP contribution is 2.20. The number of unbranched alkanes of at least 4 members (excludes halogenated alkanes) is 1. The summed E-state index contributed by atoms with van der Waals surface area (Å²) >= 11 is 15.0. The van der Waals surface area contributed by atoms with Gasteiger partial charge in [-0.1, -0.05) is 39.1 Å². The molecule has 88 valence electrons. The van der Waals surface area contributed by atoms with Gasteiger partial charge in [-0.3, -0.25) is 4.79 Å². The van der Waals surface area contributed by atoms with Gasteiger partial charge < -0.3 is 5.32 Å². The number of carbonyl (C=O) groups excluding carboxylic acids is 1. The molecule has 5 heteroatoms. The van der Waals surface area contributed by atoms with Gasteiger partial charge in [0.1, 0.15) is 0 Å². The fourth-order valence-corrected chi connectivity index (χ4v) is 1.96. The SMILES string of the molecule is O=C(NCCCCBr)c1cc(Cl)ccc1Cl. The van der Waals surface area contributed by atoms with Crippen LogP contribution in [0.1, 0.15) is 23.2 Å². The fraction of sp³-hybridized carbons (Fsp3) is 0.364. The topological polar surface area (TPSA) is 29.1 Å². The predicted molar refractivity (Wildman–Crippen MR) is 71.8 cm³/mol. The normalized spacial score (nSPS) is 10.2. The summed E-state index contributed by atoms with van der Waals surface area (Å²) in [5, 5.41) is 4.67. The van der Waals surface area contributed by atoms with Crippen molar-refractivity contribution < 1.29 is 4.79 Å². The highest BCUT2D eigenvalue weighted by Gasteiger charge is 2.09. The molecule has 16 heavy (non-hydrogen) atoms. The maximum atomic E-state index is 11.7. The number of hydrogen-bond donors (Lipinski definition) is 1. The number of alkyl halides is 1. The van der Waals surface area contributed by atoms with Crippen molar-refractivity contribution >= 4 is 45.0 Å². The summed E-state index contributed by atoms with van der Waals surface area (Å²) in [4.78, 5) is 11.7. The molecule has 0 aliphatic heterocycles. The second-order valence-electron chi connectivity index (χ2n) is 3.28. The van der Waals surface area contributed by atoms with E-state index in [1.54, 1.807) is 18.2 Å². The molecule has 1 rings (SSSR count). The molecule has 2 nitrogen and oxygen atoms in total. The van der Waals surface area contributed by atoms with E-state index >= 15 is 0 Å². The molecule has 1 amide bonds. The number of halogens is 3. The number of hydrogen-bond acceptors (Lipinski definition) is 1. The third-order valence-electron chi connectivity index (χ3n) is 2.02. The monoisotopic (exact) mass is 323 g/mol. The molecule has 0 bridgehead atoms. The van der Waals surface area contributed by atoms with Crippen LogP contribution in [0.15, 0.2) is 18.2 Å². The van der Waals surface area contributed by atoms with Crippen LogP contribution < -0.4 is 5.32 Å². The highest BCUT2D eigenvalue weighted by molar-refractivity contribution is 9.09. The molecule has 0 radical (unpaired) electrons. The first-order valence-corrected chi connectivity index (χ1v) is 6.82. The van der Waals surface area contributed by atoms with E-state index in [0.717, 1.165) is 18.2 Å². The summed E-state index contributed by atoms with van der Waals surface area (Å²) in [5.41, 5.74) is 0.424. The van der Waals surface area contributed by atoms with Crippen molar-refractivity contribution in [2.75, 3.05) is 11.9 Å². The fourth-order valence-electron chi connectivity index (χ4n) is 1.19. The summed E-state index contributed by atoms with van der Waals surface area (Å²) in [6.45, 7) is 0.646. The van der Waals surface area contributed by atoms with Crippen molar-refractivity contribution in [3.8, 4) is 0 Å². The molecule has 0 fully saturated rings. The van der Waals surface area contributed by atoms with Gasteiger partial charge in [-0.15, -0.1) is 0 Å². The third kappa shape index (κ3) is 4.32. The minimum atomic E-state index is -0.179. The highest BCUT2D eigenvalue weighted by atomic mass is 79.9. The van der Waals surface area contributed by atoms with Gasteiger partial charge in [-0.25, -0.2) is 0 Å². The average molecular weight is 325 g/mol. The van der Waals surface area contributed by atoms with Gasteiger partial charge in [-0.2, -0.15) is 0 Å². The lowest BCUT2D eigenvalue weighted by Crippen LogP contribution is -2.24. The van der Waals surface area contributed by atoms with Gasteiger partial charge in [0.2, 0.25) is 0 Å². The lowest BCUT2D eigenvalue weighted by atomic mass is 10.2. The lowest BCUT2D eigenvalue weighted by molar-refractivity contribution is 0.0953. The van der Waals surface area contributed by atoms with Crippen LogP contribution in [0, 0.1) is 0 Å². The van der Waals surface area contributed by atoms with E-state index in [9.17, 15) is 4.79 Å². The summed E-state index contributed by atoms with van der Waals surface area (Å²) in [7, 11) is 0. The van der Waals surface area contributed by atoms with E-state index < -0.39 is 0 Å². The van der Waals surface area contributed by atoms with Gasteiger partial charge in [0, 0.05) is 16.9 Å². The van der Waals surface area contributed by atoms with Crippen molar-refractivity contribution in [1.29, 1.82) is 0 Å². The number of nitrogens with one attached hydrogen (secondary N) is 1. The molecule has 0 spiro atoms. The van der Waals surface area contributed by atoms with E-state index in [0.29, 0.717) is 22.2 Å². The van der Waals surface area contributed by atoms with Gasteiger partial charge in [0.25, 0.3) is 5.91 Å². The van der Waals surface area contributed by atoms with E-state index in [-0.39, 0.29) is 5.91 Å². The quantitative estimate of drug-likeness (QED) is 0.646. The first-order valence-electron chi connectivity index (χ1n) is 4.94. The molecule has 0 aliphatic carbocycles. The second-order valence-corrected chi connectivity index (χ2v) is 4.91. The Morgan fingerprint density at radius 2 is 2.06 bits per heavy atom. The number of amides is 1. The first-order chi connectivity index (χ1) is 7.65. The number of benzene rings is 1. The maximum absolute atomic E-state index is 11.7. The number of rotatable bonds is 5. The summed E-state index contributed by atoms with van der Waals surface area (Å²) in [6, 6.07) is 4.85. The van der Waals surface area contributed by atoms with Gasteiger partial charge >= 0.3 is 0 Å². The average Bonchev–Trinajstić information content (AvgIpc) is 2.27.